The number of nitrogens with one attached hydrogen (secondary N) is 1. The molecule has 0 aromatic carbocycles. The van der Waals surface area contributed by atoms with Gasteiger partial charge in [0.05, 0.1) is 0 Å². The molecule has 1 saturated heterocycles. The number of pyridine rings is 1. The quantitative estimate of drug-likeness (QED) is 0.533. The standard InChI is InChI=1S/C12H20N4O3S/c13-15-12-11(5-3-7-14-12)20(18,19)16-8-2-1-4-10(16)6-9-17/h3,5,7,10,17H,1-2,4,6,8-9,13H2,(H,14,15). The average Bonchev–Trinajstić information content (AvgIpc) is 2.48. The van der Waals surface area contributed by atoms with Crippen LogP contribution in [0.25, 0.3) is 0 Å². The first-order valence-corrected chi connectivity index (χ1v) is 8.09. The van der Waals surface area contributed by atoms with Crippen molar-refractivity contribution >= 4 is 15.8 Å². The number of hydrogen-bond donors (Lipinski definition) is 3. The van der Waals surface area contributed by atoms with E-state index in [1.807, 2.05) is 0 Å². The van der Waals surface area contributed by atoms with E-state index in [0.29, 0.717) is 13.0 Å². The van der Waals surface area contributed by atoms with Gasteiger partial charge < -0.3 is 10.5 Å². The maximum absolute atomic E-state index is 12.8. The molecule has 0 amide bonds. The summed E-state index contributed by atoms with van der Waals surface area (Å²) < 4.78 is 27.0. The normalized spacial score (nSPS) is 20.8. The molecule has 0 aliphatic carbocycles. The summed E-state index contributed by atoms with van der Waals surface area (Å²) in [5, 5.41) is 9.11. The molecule has 1 aliphatic rings. The number of nitrogen functional groups attached to an aromatic ring is 1. The zero-order valence-corrected chi connectivity index (χ0v) is 12.0. The first-order chi connectivity index (χ1) is 9.61. The first-order valence-electron chi connectivity index (χ1n) is 6.65. The van der Waals surface area contributed by atoms with Gasteiger partial charge in [0, 0.05) is 25.4 Å². The summed E-state index contributed by atoms with van der Waals surface area (Å²) in [5.74, 6) is 5.47. The molecule has 0 bridgehead atoms. The Morgan fingerprint density at radius 3 is 3.00 bits per heavy atom. The third-order valence-corrected chi connectivity index (χ3v) is 5.51. The molecule has 2 rings (SSSR count). The zero-order valence-electron chi connectivity index (χ0n) is 11.2. The molecule has 20 heavy (non-hydrogen) atoms. The molecule has 1 aromatic heterocycles. The van der Waals surface area contributed by atoms with Crippen molar-refractivity contribution in [2.75, 3.05) is 18.6 Å². The van der Waals surface area contributed by atoms with Gasteiger partial charge in [-0.05, 0) is 31.4 Å². The number of anilines is 1. The molecular weight excluding hydrogens is 280 g/mol. The van der Waals surface area contributed by atoms with E-state index in [2.05, 4.69) is 10.4 Å². The number of sulfonamides is 1. The van der Waals surface area contributed by atoms with Crippen molar-refractivity contribution in [3.05, 3.63) is 18.3 Å². The molecule has 1 aromatic rings. The Balaban J connectivity index is 2.37. The highest BCUT2D eigenvalue weighted by Gasteiger charge is 2.34. The van der Waals surface area contributed by atoms with Crippen LogP contribution in [0.5, 0.6) is 0 Å². The molecule has 1 fully saturated rings. The van der Waals surface area contributed by atoms with Gasteiger partial charge >= 0.3 is 0 Å². The summed E-state index contributed by atoms with van der Waals surface area (Å²) in [6, 6.07) is 2.89. The van der Waals surface area contributed by atoms with Crippen LogP contribution >= 0.6 is 0 Å². The van der Waals surface area contributed by atoms with Crippen LogP contribution in [-0.2, 0) is 10.0 Å². The maximum atomic E-state index is 12.8. The Hall–Kier alpha value is -1.22. The number of rotatable bonds is 5. The fraction of sp³-hybridized carbons (Fsp3) is 0.583. The van der Waals surface area contributed by atoms with Gasteiger partial charge in [-0.2, -0.15) is 4.31 Å². The summed E-state index contributed by atoms with van der Waals surface area (Å²) in [5.41, 5.74) is 2.32. The predicted octanol–water partition coefficient (Wildman–Crippen LogP) is 0.293. The Morgan fingerprint density at radius 1 is 1.50 bits per heavy atom. The molecule has 0 saturated carbocycles. The van der Waals surface area contributed by atoms with Crippen molar-refractivity contribution in [3.63, 3.8) is 0 Å². The molecule has 0 radical (unpaired) electrons. The van der Waals surface area contributed by atoms with E-state index >= 15 is 0 Å². The van der Waals surface area contributed by atoms with Crippen molar-refractivity contribution in [1.29, 1.82) is 0 Å². The van der Waals surface area contributed by atoms with Crippen molar-refractivity contribution in [3.8, 4) is 0 Å². The monoisotopic (exact) mass is 300 g/mol. The number of nitrogens with zero attached hydrogens (tertiary/aromatic N) is 2. The van der Waals surface area contributed by atoms with Gasteiger partial charge in [-0.25, -0.2) is 19.2 Å². The highest BCUT2D eigenvalue weighted by molar-refractivity contribution is 7.89. The van der Waals surface area contributed by atoms with Crippen LogP contribution in [0.4, 0.5) is 5.82 Å². The maximum Gasteiger partial charge on any atom is 0.247 e. The zero-order chi connectivity index (χ0) is 14.6. The lowest BCUT2D eigenvalue weighted by molar-refractivity contribution is 0.192. The third kappa shape index (κ3) is 2.93. The molecule has 112 valence electrons. The van der Waals surface area contributed by atoms with Gasteiger partial charge in [0.2, 0.25) is 10.0 Å². The van der Waals surface area contributed by atoms with Crippen LogP contribution in [0.2, 0.25) is 0 Å². The lowest BCUT2D eigenvalue weighted by atomic mass is 10.0. The van der Waals surface area contributed by atoms with Gasteiger partial charge in [0.1, 0.15) is 4.90 Å². The number of hydrazine groups is 1. The number of nitrogens with two attached hydrogens (primary N) is 1. The van der Waals surface area contributed by atoms with Crippen molar-refractivity contribution < 1.29 is 13.5 Å². The Kier molecular flexibility index (Phi) is 4.92. The van der Waals surface area contributed by atoms with E-state index in [1.165, 1.54) is 16.6 Å². The van der Waals surface area contributed by atoms with Gasteiger partial charge in [0.25, 0.3) is 0 Å². The van der Waals surface area contributed by atoms with Gasteiger partial charge in [0.15, 0.2) is 5.82 Å². The lowest BCUT2D eigenvalue weighted by Gasteiger charge is -2.34. The van der Waals surface area contributed by atoms with E-state index in [-0.39, 0.29) is 23.4 Å². The van der Waals surface area contributed by atoms with Crippen LogP contribution < -0.4 is 11.3 Å². The highest BCUT2D eigenvalue weighted by Crippen LogP contribution is 2.29. The van der Waals surface area contributed by atoms with E-state index in [9.17, 15) is 8.42 Å². The SMILES string of the molecule is NNc1ncccc1S(=O)(=O)N1CCCCC1CCO. The number of piperidine rings is 1. The van der Waals surface area contributed by atoms with E-state index in [0.717, 1.165) is 19.3 Å². The fourth-order valence-corrected chi connectivity index (χ4v) is 4.39. The van der Waals surface area contributed by atoms with Crippen LogP contribution in [-0.4, -0.2) is 42.0 Å². The Labute approximate surface area is 118 Å². The van der Waals surface area contributed by atoms with E-state index < -0.39 is 10.0 Å². The molecular formula is C12H20N4O3S. The largest absolute Gasteiger partial charge is 0.396 e. The topological polar surface area (TPSA) is 109 Å². The second-order valence-corrected chi connectivity index (χ2v) is 6.63. The molecule has 1 atom stereocenters. The highest BCUT2D eigenvalue weighted by atomic mass is 32.2. The summed E-state index contributed by atoms with van der Waals surface area (Å²) in [6.07, 6.45) is 4.50. The molecule has 0 spiro atoms. The first kappa shape index (κ1) is 15.2. The molecule has 1 aliphatic heterocycles. The second kappa shape index (κ2) is 6.49. The Bertz CT molecular complexity index is 547. The summed E-state index contributed by atoms with van der Waals surface area (Å²) in [7, 11) is -3.66. The Morgan fingerprint density at radius 2 is 2.30 bits per heavy atom. The molecule has 7 nitrogen and oxygen atoms in total. The predicted molar refractivity (Wildman–Crippen MR) is 75.3 cm³/mol. The summed E-state index contributed by atoms with van der Waals surface area (Å²) in [4.78, 5) is 4.01. The van der Waals surface area contributed by atoms with Crippen LogP contribution in [0.15, 0.2) is 23.2 Å². The van der Waals surface area contributed by atoms with Crippen molar-refractivity contribution in [2.45, 2.75) is 36.6 Å². The third-order valence-electron chi connectivity index (χ3n) is 3.53. The van der Waals surface area contributed by atoms with Crippen molar-refractivity contribution in [1.82, 2.24) is 9.29 Å². The van der Waals surface area contributed by atoms with E-state index in [1.54, 1.807) is 6.07 Å². The minimum absolute atomic E-state index is 0.0221. The molecule has 4 N–H and O–H groups in total. The van der Waals surface area contributed by atoms with Gasteiger partial charge in [-0.3, -0.25) is 0 Å². The summed E-state index contributed by atoms with van der Waals surface area (Å²) >= 11 is 0. The fourth-order valence-electron chi connectivity index (χ4n) is 2.56. The van der Waals surface area contributed by atoms with Crippen LogP contribution in [0.1, 0.15) is 25.7 Å². The number of aliphatic hydroxyl groups excluding tert-OH is 1. The number of hydrogen-bond acceptors (Lipinski definition) is 6. The average molecular weight is 300 g/mol. The van der Waals surface area contributed by atoms with Crippen molar-refractivity contribution in [2.24, 2.45) is 5.84 Å². The van der Waals surface area contributed by atoms with E-state index in [4.69, 9.17) is 10.9 Å². The van der Waals surface area contributed by atoms with Gasteiger partial charge in [-0.15, -0.1) is 0 Å². The minimum atomic E-state index is -3.66. The molecule has 8 heteroatoms. The minimum Gasteiger partial charge on any atom is -0.396 e. The summed E-state index contributed by atoms with van der Waals surface area (Å²) in [6.45, 7) is 0.442. The lowest BCUT2D eigenvalue weighted by Crippen LogP contribution is -2.44. The second-order valence-electron chi connectivity index (χ2n) is 4.77. The van der Waals surface area contributed by atoms with Crippen LogP contribution in [0.3, 0.4) is 0 Å². The number of aliphatic hydroxyl groups is 1. The molecule has 1 unspecified atom stereocenters. The van der Waals surface area contributed by atoms with Crippen LogP contribution in [0, 0.1) is 0 Å². The smallest absolute Gasteiger partial charge is 0.247 e. The van der Waals surface area contributed by atoms with Gasteiger partial charge in [-0.1, -0.05) is 6.42 Å². The molecule has 2 heterocycles. The number of aromatic nitrogens is 1.